The van der Waals surface area contributed by atoms with E-state index >= 15 is 0 Å². The molecule has 9 heavy (non-hydrogen) atoms. The summed E-state index contributed by atoms with van der Waals surface area (Å²) in [6, 6.07) is 0. The van der Waals surface area contributed by atoms with Gasteiger partial charge in [-0.05, 0) is 0 Å². The maximum absolute atomic E-state index is 10.1. The van der Waals surface area contributed by atoms with E-state index in [0.29, 0.717) is 13.0 Å². The van der Waals surface area contributed by atoms with E-state index in [2.05, 4.69) is 0 Å². The first-order chi connectivity index (χ1) is 4.24. The van der Waals surface area contributed by atoms with Gasteiger partial charge in [0.25, 0.3) is 0 Å². The molecule has 0 bridgehead atoms. The molecule has 0 aliphatic carbocycles. The minimum absolute atomic E-state index is 0.0221. The van der Waals surface area contributed by atoms with Crippen molar-refractivity contribution >= 4 is 5.97 Å². The molecular weight excluding hydrogens is 122 g/mol. The molecule has 1 saturated heterocycles. The van der Waals surface area contributed by atoms with Crippen molar-refractivity contribution in [3.8, 4) is 0 Å². The fourth-order valence-corrected chi connectivity index (χ4v) is 0.771. The molecule has 4 nitrogen and oxygen atoms in total. The zero-order chi connectivity index (χ0) is 6.85. The van der Waals surface area contributed by atoms with Crippen LogP contribution < -0.4 is 5.73 Å². The fraction of sp³-hybridized carbons (Fsp3) is 0.800. The van der Waals surface area contributed by atoms with Crippen LogP contribution in [0.1, 0.15) is 6.42 Å². The summed E-state index contributed by atoms with van der Waals surface area (Å²) >= 11 is 0. The van der Waals surface area contributed by atoms with Gasteiger partial charge in [0.15, 0.2) is 6.10 Å². The van der Waals surface area contributed by atoms with Gasteiger partial charge in [-0.3, -0.25) is 0 Å². The molecule has 0 aromatic rings. The third kappa shape index (κ3) is 1.20. The van der Waals surface area contributed by atoms with Crippen LogP contribution in [0.15, 0.2) is 0 Å². The van der Waals surface area contributed by atoms with E-state index in [1.54, 1.807) is 0 Å². The van der Waals surface area contributed by atoms with Crippen LogP contribution in [0.4, 0.5) is 0 Å². The first kappa shape index (κ1) is 6.51. The lowest BCUT2D eigenvalue weighted by Gasteiger charge is -2.31. The molecule has 0 unspecified atom stereocenters. The van der Waals surface area contributed by atoms with Crippen LogP contribution in [0, 0.1) is 0 Å². The number of aliphatic carboxylic acids is 1. The van der Waals surface area contributed by atoms with Gasteiger partial charge in [-0.15, -0.1) is 0 Å². The number of carbonyl (C=O) groups is 1. The Balaban J connectivity index is 2.19. The summed E-state index contributed by atoms with van der Waals surface area (Å²) in [6.07, 6.45) is -0.0594. The molecule has 1 fully saturated rings. The maximum atomic E-state index is 10.1. The van der Waals surface area contributed by atoms with Gasteiger partial charge in [0.1, 0.15) is 0 Å². The Hall–Kier alpha value is -0.610. The zero-order valence-corrected chi connectivity index (χ0v) is 4.91. The van der Waals surface area contributed by atoms with Gasteiger partial charge in [0.05, 0.1) is 6.10 Å². The lowest BCUT2D eigenvalue weighted by molar-refractivity contribution is -0.177. The van der Waals surface area contributed by atoms with Crippen molar-refractivity contribution in [3.05, 3.63) is 0 Å². The van der Waals surface area contributed by atoms with E-state index in [-0.39, 0.29) is 6.10 Å². The SMILES string of the molecule is NC[C@H]1C[C@@H](C(=O)O)O1. The van der Waals surface area contributed by atoms with Crippen LogP contribution in [0.25, 0.3) is 0 Å². The van der Waals surface area contributed by atoms with Gasteiger partial charge in [0, 0.05) is 13.0 Å². The summed E-state index contributed by atoms with van der Waals surface area (Å²) in [7, 11) is 0. The van der Waals surface area contributed by atoms with Crippen LogP contribution in [0.5, 0.6) is 0 Å². The van der Waals surface area contributed by atoms with Gasteiger partial charge in [-0.2, -0.15) is 0 Å². The van der Waals surface area contributed by atoms with Gasteiger partial charge in [-0.25, -0.2) is 4.79 Å². The highest BCUT2D eigenvalue weighted by Crippen LogP contribution is 2.18. The van der Waals surface area contributed by atoms with E-state index < -0.39 is 12.1 Å². The number of hydrogen-bond donors (Lipinski definition) is 2. The standard InChI is InChI=1S/C5H9NO3/c6-2-3-1-4(9-3)5(7)8/h3-4H,1-2,6H2,(H,7,8)/t3-,4+/m1/s1. The normalized spacial score (nSPS) is 33.4. The molecular formula is C5H9NO3. The first-order valence-corrected chi connectivity index (χ1v) is 2.82. The highest BCUT2D eigenvalue weighted by atomic mass is 16.5. The number of rotatable bonds is 2. The number of hydrogen-bond acceptors (Lipinski definition) is 3. The Morgan fingerprint density at radius 3 is 2.78 bits per heavy atom. The fourth-order valence-electron chi connectivity index (χ4n) is 0.771. The lowest BCUT2D eigenvalue weighted by atomic mass is 10.1. The van der Waals surface area contributed by atoms with Crippen molar-refractivity contribution in [2.45, 2.75) is 18.6 Å². The monoisotopic (exact) mass is 131 g/mol. The number of carboxylic acids is 1. The van der Waals surface area contributed by atoms with Crippen molar-refractivity contribution < 1.29 is 14.6 Å². The van der Waals surface area contributed by atoms with Gasteiger partial charge in [0.2, 0.25) is 0 Å². The second-order valence-electron chi connectivity index (χ2n) is 2.06. The molecule has 0 aromatic heterocycles. The van der Waals surface area contributed by atoms with Gasteiger partial charge in [-0.1, -0.05) is 0 Å². The second kappa shape index (κ2) is 2.33. The molecule has 1 heterocycles. The Kier molecular flexibility index (Phi) is 1.68. The summed E-state index contributed by atoms with van der Waals surface area (Å²) in [5, 5.41) is 8.28. The van der Waals surface area contributed by atoms with Crippen molar-refractivity contribution in [2.24, 2.45) is 5.73 Å². The largest absolute Gasteiger partial charge is 0.479 e. The molecule has 0 saturated carbocycles. The number of ether oxygens (including phenoxy) is 1. The average molecular weight is 131 g/mol. The minimum atomic E-state index is -0.889. The maximum Gasteiger partial charge on any atom is 0.332 e. The molecule has 1 aliphatic heterocycles. The molecule has 0 radical (unpaired) electrons. The van der Waals surface area contributed by atoms with Crippen molar-refractivity contribution in [2.75, 3.05) is 6.54 Å². The van der Waals surface area contributed by atoms with E-state index in [4.69, 9.17) is 15.6 Å². The second-order valence-corrected chi connectivity index (χ2v) is 2.06. The van der Waals surface area contributed by atoms with Gasteiger partial charge < -0.3 is 15.6 Å². The van der Waals surface area contributed by atoms with Crippen LogP contribution in [0.2, 0.25) is 0 Å². The summed E-state index contributed by atoms with van der Waals surface area (Å²) in [4.78, 5) is 10.1. The third-order valence-corrected chi connectivity index (χ3v) is 1.37. The summed E-state index contributed by atoms with van der Waals surface area (Å²) in [6.45, 7) is 0.420. The minimum Gasteiger partial charge on any atom is -0.479 e. The van der Waals surface area contributed by atoms with Crippen LogP contribution in [-0.2, 0) is 9.53 Å². The summed E-state index contributed by atoms with van der Waals surface area (Å²) in [5.41, 5.74) is 5.18. The highest BCUT2D eigenvalue weighted by molar-refractivity contribution is 5.73. The predicted molar refractivity (Wildman–Crippen MR) is 30.0 cm³/mol. The van der Waals surface area contributed by atoms with Crippen LogP contribution >= 0.6 is 0 Å². The van der Waals surface area contributed by atoms with Crippen molar-refractivity contribution in [3.63, 3.8) is 0 Å². The van der Waals surface area contributed by atoms with E-state index in [0.717, 1.165) is 0 Å². The highest BCUT2D eigenvalue weighted by Gasteiger charge is 2.34. The average Bonchev–Trinajstić information content (AvgIpc) is 1.61. The molecule has 52 valence electrons. The van der Waals surface area contributed by atoms with Crippen molar-refractivity contribution in [1.29, 1.82) is 0 Å². The molecule has 1 aliphatic rings. The van der Waals surface area contributed by atoms with E-state index in [1.807, 2.05) is 0 Å². The quantitative estimate of drug-likeness (QED) is 0.514. The van der Waals surface area contributed by atoms with Crippen LogP contribution in [0.3, 0.4) is 0 Å². The van der Waals surface area contributed by atoms with Crippen LogP contribution in [-0.4, -0.2) is 29.8 Å². The molecule has 2 atom stereocenters. The third-order valence-electron chi connectivity index (χ3n) is 1.37. The number of nitrogens with two attached hydrogens (primary N) is 1. The van der Waals surface area contributed by atoms with E-state index in [1.165, 1.54) is 0 Å². The number of carboxylic acid groups (broad SMARTS) is 1. The van der Waals surface area contributed by atoms with E-state index in [9.17, 15) is 4.79 Å². The smallest absolute Gasteiger partial charge is 0.332 e. The summed E-state index contributed by atoms with van der Waals surface area (Å²) in [5.74, 6) is -0.889. The molecule has 4 heteroatoms. The molecule has 0 amide bonds. The molecule has 0 aromatic carbocycles. The Labute approximate surface area is 52.6 Å². The van der Waals surface area contributed by atoms with Crippen molar-refractivity contribution in [1.82, 2.24) is 0 Å². The van der Waals surface area contributed by atoms with Gasteiger partial charge >= 0.3 is 5.97 Å². The Bertz CT molecular complexity index is 119. The molecule has 0 spiro atoms. The summed E-state index contributed by atoms with van der Waals surface area (Å²) < 4.78 is 4.83. The first-order valence-electron chi connectivity index (χ1n) is 2.82. The molecule has 3 N–H and O–H groups in total. The zero-order valence-electron chi connectivity index (χ0n) is 4.91. The Morgan fingerprint density at radius 1 is 1.89 bits per heavy atom. The lowest BCUT2D eigenvalue weighted by Crippen LogP contribution is -2.46. The Morgan fingerprint density at radius 2 is 2.44 bits per heavy atom. The molecule has 1 rings (SSSR count). The topological polar surface area (TPSA) is 72.6 Å². The predicted octanol–water partition coefficient (Wildman–Crippen LogP) is -0.813.